The van der Waals surface area contributed by atoms with Crippen LogP contribution >= 0.6 is 0 Å². The van der Waals surface area contributed by atoms with Gasteiger partial charge in [-0.25, -0.2) is 4.98 Å². The highest BCUT2D eigenvalue weighted by atomic mass is 16.1. The van der Waals surface area contributed by atoms with Gasteiger partial charge < -0.3 is 10.7 Å². The molecule has 2 aromatic heterocycles. The van der Waals surface area contributed by atoms with Gasteiger partial charge in [0.25, 0.3) is 5.56 Å². The van der Waals surface area contributed by atoms with Crippen LogP contribution in [0.15, 0.2) is 4.79 Å². The average Bonchev–Trinajstić information content (AvgIpc) is 2.66. The van der Waals surface area contributed by atoms with E-state index in [0.29, 0.717) is 11.5 Å². The summed E-state index contributed by atoms with van der Waals surface area (Å²) in [7, 11) is 0. The smallest absolute Gasteiger partial charge is 0.281 e. The highest BCUT2D eigenvalue weighted by molar-refractivity contribution is 5.66. The molecule has 0 fully saturated rings. The van der Waals surface area contributed by atoms with Crippen LogP contribution in [-0.2, 0) is 0 Å². The fraction of sp³-hybridized carbons (Fsp3) is 0.500. The molecule has 0 amide bonds. The molecular weight excluding hydrogens is 196 g/mol. The summed E-state index contributed by atoms with van der Waals surface area (Å²) in [6.07, 6.45) is 1.70. The number of nitrogens with one attached hydrogen (secondary N) is 2. The topological polar surface area (TPSA) is 113 Å². The minimum absolute atomic E-state index is 0.211. The van der Waals surface area contributed by atoms with Gasteiger partial charge in [0, 0.05) is 0 Å². The van der Waals surface area contributed by atoms with Crippen LogP contribution in [0.5, 0.6) is 0 Å². The molecule has 0 bridgehead atoms. The van der Waals surface area contributed by atoms with E-state index in [1.807, 2.05) is 6.92 Å². The lowest BCUT2D eigenvalue weighted by Gasteiger charge is -2.07. The quantitative estimate of drug-likeness (QED) is 0.648. The van der Waals surface area contributed by atoms with E-state index in [9.17, 15) is 4.79 Å². The number of rotatable bonds is 3. The Hall–Kier alpha value is -1.76. The summed E-state index contributed by atoms with van der Waals surface area (Å²) in [5.74, 6) is 0.461. The van der Waals surface area contributed by atoms with Gasteiger partial charge in [-0.2, -0.15) is 5.21 Å². The Bertz CT molecular complexity index is 515. The van der Waals surface area contributed by atoms with Crippen LogP contribution in [0.3, 0.4) is 0 Å². The second kappa shape index (κ2) is 3.77. The number of fused-ring (bicyclic) bond motifs is 1. The Kier molecular flexibility index (Phi) is 2.46. The normalized spacial score (nSPS) is 13.2. The summed E-state index contributed by atoms with van der Waals surface area (Å²) < 4.78 is 0. The van der Waals surface area contributed by atoms with Crippen molar-refractivity contribution in [2.75, 3.05) is 0 Å². The number of hydrogen-bond acceptors (Lipinski definition) is 5. The molecule has 0 aromatic carbocycles. The number of aromatic nitrogens is 5. The number of aromatic amines is 2. The number of nitrogens with zero attached hydrogens (tertiary/aromatic N) is 3. The first kappa shape index (κ1) is 9.78. The van der Waals surface area contributed by atoms with Gasteiger partial charge in [-0.15, -0.1) is 10.2 Å². The van der Waals surface area contributed by atoms with Crippen molar-refractivity contribution in [3.8, 4) is 0 Å². The largest absolute Gasteiger partial charge is 0.321 e. The third kappa shape index (κ3) is 1.73. The van der Waals surface area contributed by atoms with Gasteiger partial charge in [-0.05, 0) is 6.42 Å². The lowest BCUT2D eigenvalue weighted by atomic mass is 10.2. The second-order valence-corrected chi connectivity index (χ2v) is 3.34. The molecule has 80 valence electrons. The molecule has 0 spiro atoms. The lowest BCUT2D eigenvalue weighted by Crippen LogP contribution is -2.19. The number of H-pyrrole nitrogens is 2. The van der Waals surface area contributed by atoms with Crippen molar-refractivity contribution in [1.29, 1.82) is 0 Å². The Labute approximate surface area is 85.1 Å². The average molecular weight is 208 g/mol. The van der Waals surface area contributed by atoms with Gasteiger partial charge in [0.2, 0.25) is 5.65 Å². The lowest BCUT2D eigenvalue weighted by molar-refractivity contribution is 0.602. The molecule has 15 heavy (non-hydrogen) atoms. The standard InChI is InChI=1S/C8H12N6O/c1-2-3-4(9)6-10-7-5(8(15)11-6)12-14-13-7/h4H,2-3,9H2,1H3,(H2,10,11,12,13,14,15). The molecule has 1 unspecified atom stereocenters. The number of nitrogens with two attached hydrogens (primary N) is 1. The first-order valence-corrected chi connectivity index (χ1v) is 4.78. The molecule has 0 aliphatic carbocycles. The minimum atomic E-state index is -0.310. The van der Waals surface area contributed by atoms with Crippen LogP contribution in [0.4, 0.5) is 0 Å². The molecule has 0 saturated carbocycles. The van der Waals surface area contributed by atoms with Crippen molar-refractivity contribution < 1.29 is 0 Å². The second-order valence-electron chi connectivity index (χ2n) is 3.34. The maximum Gasteiger partial charge on any atom is 0.281 e. The monoisotopic (exact) mass is 208 g/mol. The summed E-state index contributed by atoms with van der Waals surface area (Å²) >= 11 is 0. The minimum Gasteiger partial charge on any atom is -0.321 e. The summed E-state index contributed by atoms with van der Waals surface area (Å²) in [5.41, 5.74) is 6.05. The van der Waals surface area contributed by atoms with E-state index in [-0.39, 0.29) is 17.1 Å². The fourth-order valence-corrected chi connectivity index (χ4v) is 1.40. The van der Waals surface area contributed by atoms with Crippen molar-refractivity contribution in [2.24, 2.45) is 5.73 Å². The van der Waals surface area contributed by atoms with Gasteiger partial charge in [-0.1, -0.05) is 13.3 Å². The van der Waals surface area contributed by atoms with E-state index in [0.717, 1.165) is 12.8 Å². The summed E-state index contributed by atoms with van der Waals surface area (Å²) in [6.45, 7) is 2.02. The van der Waals surface area contributed by atoms with Crippen molar-refractivity contribution in [3.63, 3.8) is 0 Å². The van der Waals surface area contributed by atoms with E-state index < -0.39 is 0 Å². The molecular formula is C8H12N6O. The van der Waals surface area contributed by atoms with Crippen LogP contribution in [0.1, 0.15) is 31.6 Å². The predicted octanol–water partition coefficient (Wildman–Crippen LogP) is -0.159. The molecule has 2 rings (SSSR count). The SMILES string of the molecule is CCCC(N)c1nc2n[nH]nc2c(=O)[nH]1. The van der Waals surface area contributed by atoms with Crippen LogP contribution in [-0.4, -0.2) is 25.4 Å². The third-order valence-corrected chi connectivity index (χ3v) is 2.16. The molecule has 0 aliphatic heterocycles. The molecule has 0 radical (unpaired) electrons. The van der Waals surface area contributed by atoms with Gasteiger partial charge >= 0.3 is 0 Å². The van der Waals surface area contributed by atoms with Gasteiger partial charge in [0.1, 0.15) is 5.82 Å². The van der Waals surface area contributed by atoms with E-state index in [2.05, 4.69) is 25.4 Å². The highest BCUT2D eigenvalue weighted by Crippen LogP contribution is 2.10. The number of hydrogen-bond donors (Lipinski definition) is 3. The van der Waals surface area contributed by atoms with E-state index >= 15 is 0 Å². The fourth-order valence-electron chi connectivity index (χ4n) is 1.40. The Morgan fingerprint density at radius 3 is 3.00 bits per heavy atom. The third-order valence-electron chi connectivity index (χ3n) is 2.16. The predicted molar refractivity (Wildman–Crippen MR) is 54.1 cm³/mol. The van der Waals surface area contributed by atoms with Gasteiger partial charge in [0.15, 0.2) is 5.52 Å². The zero-order valence-electron chi connectivity index (χ0n) is 8.32. The van der Waals surface area contributed by atoms with E-state index in [1.54, 1.807) is 0 Å². The molecule has 7 heteroatoms. The van der Waals surface area contributed by atoms with Crippen LogP contribution in [0, 0.1) is 0 Å². The van der Waals surface area contributed by atoms with Crippen LogP contribution in [0.25, 0.3) is 11.2 Å². The Morgan fingerprint density at radius 1 is 1.47 bits per heavy atom. The molecule has 7 nitrogen and oxygen atoms in total. The van der Waals surface area contributed by atoms with Gasteiger partial charge in [0.05, 0.1) is 6.04 Å². The molecule has 0 aliphatic rings. The van der Waals surface area contributed by atoms with Crippen molar-refractivity contribution in [2.45, 2.75) is 25.8 Å². The van der Waals surface area contributed by atoms with Crippen LogP contribution < -0.4 is 11.3 Å². The van der Waals surface area contributed by atoms with Crippen molar-refractivity contribution in [1.82, 2.24) is 25.4 Å². The van der Waals surface area contributed by atoms with E-state index in [1.165, 1.54) is 0 Å². The molecule has 2 aromatic rings. The Balaban J connectivity index is 2.49. The molecule has 1 atom stereocenters. The maximum absolute atomic E-state index is 11.5. The molecule has 2 heterocycles. The molecule has 0 saturated heterocycles. The zero-order valence-corrected chi connectivity index (χ0v) is 8.32. The summed E-state index contributed by atoms with van der Waals surface area (Å²) in [6, 6.07) is -0.260. The van der Waals surface area contributed by atoms with Crippen LogP contribution in [0.2, 0.25) is 0 Å². The maximum atomic E-state index is 11.5. The van der Waals surface area contributed by atoms with Crippen molar-refractivity contribution >= 4 is 11.2 Å². The van der Waals surface area contributed by atoms with Crippen molar-refractivity contribution in [3.05, 3.63) is 16.2 Å². The van der Waals surface area contributed by atoms with Gasteiger partial charge in [-0.3, -0.25) is 4.79 Å². The Morgan fingerprint density at radius 2 is 2.27 bits per heavy atom. The summed E-state index contributed by atoms with van der Waals surface area (Å²) in [4.78, 5) is 18.2. The molecule has 4 N–H and O–H groups in total. The zero-order chi connectivity index (χ0) is 10.8. The summed E-state index contributed by atoms with van der Waals surface area (Å²) in [5, 5.41) is 9.79. The van der Waals surface area contributed by atoms with E-state index in [4.69, 9.17) is 5.73 Å². The highest BCUT2D eigenvalue weighted by Gasteiger charge is 2.12. The first-order chi connectivity index (χ1) is 7.22. The first-order valence-electron chi connectivity index (χ1n) is 4.78.